The topological polar surface area (TPSA) is 108 Å². The van der Waals surface area contributed by atoms with Crippen molar-refractivity contribution < 1.29 is 13.9 Å². The monoisotopic (exact) mass is 373 g/mol. The first-order valence-corrected chi connectivity index (χ1v) is 8.74. The van der Waals surface area contributed by atoms with Gasteiger partial charge in [0.1, 0.15) is 5.75 Å². The highest BCUT2D eigenvalue weighted by atomic mass is 32.2. The zero-order chi connectivity index (χ0) is 18.7. The largest absolute Gasteiger partial charge is 0.495 e. The predicted octanol–water partition coefficient (Wildman–Crippen LogP) is 2.69. The number of nitrogens with two attached hydrogens (primary N) is 1. The van der Waals surface area contributed by atoms with Crippen molar-refractivity contribution in [3.05, 3.63) is 42.2 Å². The summed E-state index contributed by atoms with van der Waals surface area (Å²) in [7, 11) is 1.56. The molecule has 2 aromatic heterocycles. The standard InChI is InChI=1S/C17H19N5O3S/c1-10-6-7-13(24-3)12(9-10)19-16(23)11(2)26-17-21-20-15(22(17)18)14-5-4-8-25-14/h4-9,11H,18H2,1-3H3,(H,19,23)/t11-/m1/s1. The molecule has 0 spiro atoms. The maximum absolute atomic E-state index is 12.5. The van der Waals surface area contributed by atoms with Gasteiger partial charge in [-0.1, -0.05) is 17.8 Å². The average molecular weight is 373 g/mol. The van der Waals surface area contributed by atoms with E-state index < -0.39 is 5.25 Å². The molecule has 0 fully saturated rings. The number of nitrogens with one attached hydrogen (secondary N) is 1. The second-order valence-corrected chi connectivity index (χ2v) is 6.91. The van der Waals surface area contributed by atoms with Gasteiger partial charge in [-0.25, -0.2) is 4.68 Å². The highest BCUT2D eigenvalue weighted by molar-refractivity contribution is 8.00. The number of furan rings is 1. The van der Waals surface area contributed by atoms with Crippen molar-refractivity contribution in [2.45, 2.75) is 24.3 Å². The lowest BCUT2D eigenvalue weighted by molar-refractivity contribution is -0.115. The number of carbonyl (C=O) groups is 1. The van der Waals surface area contributed by atoms with E-state index in [1.165, 1.54) is 22.7 Å². The number of carbonyl (C=O) groups excluding carboxylic acids is 1. The number of benzene rings is 1. The third-order valence-electron chi connectivity index (χ3n) is 3.67. The lowest BCUT2D eigenvalue weighted by Crippen LogP contribution is -2.24. The van der Waals surface area contributed by atoms with Crippen LogP contribution in [0.15, 0.2) is 46.2 Å². The van der Waals surface area contributed by atoms with Crippen LogP contribution in [0.3, 0.4) is 0 Å². The van der Waals surface area contributed by atoms with Gasteiger partial charge in [0.2, 0.25) is 16.9 Å². The zero-order valence-electron chi connectivity index (χ0n) is 14.6. The Morgan fingerprint density at radius 1 is 1.38 bits per heavy atom. The number of amides is 1. The Labute approximate surface area is 154 Å². The molecule has 3 N–H and O–H groups in total. The van der Waals surface area contributed by atoms with E-state index in [-0.39, 0.29) is 5.91 Å². The molecule has 8 nitrogen and oxygen atoms in total. The fourth-order valence-corrected chi connectivity index (χ4v) is 3.07. The number of anilines is 1. The van der Waals surface area contributed by atoms with E-state index in [9.17, 15) is 4.79 Å². The van der Waals surface area contributed by atoms with Crippen molar-refractivity contribution in [2.24, 2.45) is 0 Å². The van der Waals surface area contributed by atoms with Crippen molar-refractivity contribution >= 4 is 23.4 Å². The molecule has 0 unspecified atom stereocenters. The maximum atomic E-state index is 12.5. The predicted molar refractivity (Wildman–Crippen MR) is 99.6 cm³/mol. The van der Waals surface area contributed by atoms with Crippen LogP contribution < -0.4 is 15.9 Å². The summed E-state index contributed by atoms with van der Waals surface area (Å²) in [6, 6.07) is 9.06. The normalized spacial score (nSPS) is 12.0. The third kappa shape index (κ3) is 3.67. The summed E-state index contributed by atoms with van der Waals surface area (Å²) in [5, 5.41) is 10.9. The van der Waals surface area contributed by atoms with Crippen LogP contribution in [0.4, 0.5) is 5.69 Å². The van der Waals surface area contributed by atoms with Gasteiger partial charge in [-0.2, -0.15) is 0 Å². The molecule has 0 bridgehead atoms. The van der Waals surface area contributed by atoms with Gasteiger partial charge in [0.05, 0.1) is 24.3 Å². The lowest BCUT2D eigenvalue weighted by atomic mass is 10.2. The van der Waals surface area contributed by atoms with E-state index in [0.717, 1.165) is 5.56 Å². The van der Waals surface area contributed by atoms with Crippen LogP contribution in [-0.4, -0.2) is 33.1 Å². The molecular formula is C17H19N5O3S. The second kappa shape index (κ2) is 7.52. The molecule has 0 saturated heterocycles. The van der Waals surface area contributed by atoms with Gasteiger partial charge in [-0.05, 0) is 43.7 Å². The number of thioether (sulfide) groups is 1. The number of nitrogens with zero attached hydrogens (tertiary/aromatic N) is 3. The number of hydrogen-bond donors (Lipinski definition) is 2. The number of hydrogen-bond acceptors (Lipinski definition) is 7. The Morgan fingerprint density at radius 2 is 2.19 bits per heavy atom. The van der Waals surface area contributed by atoms with E-state index in [0.29, 0.717) is 28.2 Å². The molecule has 0 radical (unpaired) electrons. The van der Waals surface area contributed by atoms with Crippen molar-refractivity contribution in [1.82, 2.24) is 14.9 Å². The molecule has 0 aliphatic rings. The molecule has 1 atom stereocenters. The Morgan fingerprint density at radius 3 is 2.88 bits per heavy atom. The fourth-order valence-electron chi connectivity index (χ4n) is 2.30. The molecule has 2 heterocycles. The SMILES string of the molecule is COc1ccc(C)cc1NC(=O)[C@@H](C)Sc1nnc(-c2ccco2)n1N. The Balaban J connectivity index is 1.71. The summed E-state index contributed by atoms with van der Waals surface area (Å²) in [6.07, 6.45) is 1.53. The maximum Gasteiger partial charge on any atom is 0.237 e. The Hall–Kier alpha value is -2.94. The molecule has 0 aliphatic heterocycles. The molecule has 26 heavy (non-hydrogen) atoms. The van der Waals surface area contributed by atoms with Gasteiger partial charge in [0, 0.05) is 0 Å². The molecule has 0 saturated carbocycles. The van der Waals surface area contributed by atoms with E-state index in [2.05, 4.69) is 15.5 Å². The van der Waals surface area contributed by atoms with Gasteiger partial charge in [0.25, 0.3) is 0 Å². The molecule has 9 heteroatoms. The first-order valence-electron chi connectivity index (χ1n) is 7.86. The van der Waals surface area contributed by atoms with Crippen LogP contribution in [0, 0.1) is 6.92 Å². The van der Waals surface area contributed by atoms with Crippen LogP contribution >= 0.6 is 11.8 Å². The van der Waals surface area contributed by atoms with Crippen LogP contribution in [0.5, 0.6) is 5.75 Å². The summed E-state index contributed by atoms with van der Waals surface area (Å²) in [6.45, 7) is 3.71. The number of aromatic nitrogens is 3. The summed E-state index contributed by atoms with van der Waals surface area (Å²) in [5.41, 5.74) is 1.64. The number of nitrogen functional groups attached to an aromatic ring is 1. The van der Waals surface area contributed by atoms with Gasteiger partial charge < -0.3 is 20.3 Å². The van der Waals surface area contributed by atoms with Crippen molar-refractivity contribution in [3.8, 4) is 17.3 Å². The lowest BCUT2D eigenvalue weighted by Gasteiger charge is -2.14. The highest BCUT2D eigenvalue weighted by Crippen LogP contribution is 2.28. The first-order chi connectivity index (χ1) is 12.5. The molecule has 1 amide bonds. The fraction of sp³-hybridized carbons (Fsp3) is 0.235. The summed E-state index contributed by atoms with van der Waals surface area (Å²) < 4.78 is 11.9. The van der Waals surface area contributed by atoms with E-state index in [1.807, 2.05) is 25.1 Å². The van der Waals surface area contributed by atoms with Crippen molar-refractivity contribution in [3.63, 3.8) is 0 Å². The number of rotatable bonds is 6. The molecule has 0 aliphatic carbocycles. The quantitative estimate of drug-likeness (QED) is 0.505. The summed E-state index contributed by atoms with van der Waals surface area (Å²) >= 11 is 1.20. The molecule has 3 aromatic rings. The Kier molecular flexibility index (Phi) is 5.17. The summed E-state index contributed by atoms with van der Waals surface area (Å²) in [4.78, 5) is 12.5. The Bertz CT molecular complexity index is 907. The van der Waals surface area contributed by atoms with E-state index in [1.54, 1.807) is 26.2 Å². The molecular weight excluding hydrogens is 354 g/mol. The zero-order valence-corrected chi connectivity index (χ0v) is 15.4. The minimum atomic E-state index is -0.448. The van der Waals surface area contributed by atoms with E-state index >= 15 is 0 Å². The molecule has 136 valence electrons. The smallest absolute Gasteiger partial charge is 0.237 e. The van der Waals surface area contributed by atoms with Crippen molar-refractivity contribution in [2.75, 3.05) is 18.3 Å². The second-order valence-electron chi connectivity index (χ2n) is 5.61. The summed E-state index contributed by atoms with van der Waals surface area (Å²) in [5.74, 6) is 7.33. The van der Waals surface area contributed by atoms with Crippen LogP contribution in [0.2, 0.25) is 0 Å². The third-order valence-corrected chi connectivity index (χ3v) is 4.73. The van der Waals surface area contributed by atoms with Crippen LogP contribution in [-0.2, 0) is 4.79 Å². The first kappa shape index (κ1) is 17.9. The minimum absolute atomic E-state index is 0.193. The van der Waals surface area contributed by atoms with Gasteiger partial charge >= 0.3 is 0 Å². The van der Waals surface area contributed by atoms with Crippen molar-refractivity contribution in [1.29, 1.82) is 0 Å². The average Bonchev–Trinajstić information content (AvgIpc) is 3.25. The van der Waals surface area contributed by atoms with Gasteiger partial charge in [-0.15, -0.1) is 10.2 Å². The minimum Gasteiger partial charge on any atom is -0.495 e. The number of methoxy groups -OCH3 is 1. The number of aryl methyl sites for hydroxylation is 1. The van der Waals surface area contributed by atoms with Gasteiger partial charge in [-0.3, -0.25) is 4.79 Å². The highest BCUT2D eigenvalue weighted by Gasteiger charge is 2.21. The van der Waals surface area contributed by atoms with Gasteiger partial charge in [0.15, 0.2) is 5.76 Å². The van der Waals surface area contributed by atoms with Crippen LogP contribution in [0.25, 0.3) is 11.6 Å². The van der Waals surface area contributed by atoms with Crippen LogP contribution in [0.1, 0.15) is 12.5 Å². The number of ether oxygens (including phenoxy) is 1. The molecule has 1 aromatic carbocycles. The van der Waals surface area contributed by atoms with E-state index in [4.69, 9.17) is 15.0 Å². The molecule has 3 rings (SSSR count).